The Morgan fingerprint density at radius 1 is 1.33 bits per heavy atom. The minimum atomic E-state index is -0.648. The van der Waals surface area contributed by atoms with Gasteiger partial charge in [-0.3, -0.25) is 0 Å². The van der Waals surface area contributed by atoms with Crippen LogP contribution in [0.5, 0.6) is 0 Å². The average Bonchev–Trinajstić information content (AvgIpc) is 2.81. The summed E-state index contributed by atoms with van der Waals surface area (Å²) in [5, 5.41) is 13.9. The Morgan fingerprint density at radius 3 is 2.80 bits per heavy atom. The highest BCUT2D eigenvalue weighted by atomic mass is 16.3. The van der Waals surface area contributed by atoms with Crippen LogP contribution in [-0.2, 0) is 0 Å². The Labute approximate surface area is 88.0 Å². The molecule has 1 atom stereocenters. The molecule has 0 aliphatic heterocycles. The average molecular weight is 203 g/mol. The molecular formula is C11H13N3O. The molecule has 1 aromatic carbocycles. The van der Waals surface area contributed by atoms with Crippen molar-refractivity contribution in [2.45, 2.75) is 6.10 Å². The number of aliphatic hydroxyl groups is 1. The molecule has 1 aromatic heterocycles. The lowest BCUT2D eigenvalue weighted by molar-refractivity contribution is 0.186. The van der Waals surface area contributed by atoms with E-state index in [4.69, 9.17) is 5.73 Å². The summed E-state index contributed by atoms with van der Waals surface area (Å²) >= 11 is 0. The topological polar surface area (TPSA) is 64.1 Å². The number of rotatable bonds is 3. The second-order valence-electron chi connectivity index (χ2n) is 3.26. The van der Waals surface area contributed by atoms with Gasteiger partial charge in [0.1, 0.15) is 0 Å². The fraction of sp³-hybridized carbons (Fsp3) is 0.182. The van der Waals surface area contributed by atoms with Crippen molar-refractivity contribution in [1.82, 2.24) is 9.78 Å². The third-order valence-electron chi connectivity index (χ3n) is 2.27. The summed E-state index contributed by atoms with van der Waals surface area (Å²) in [6.07, 6.45) is 2.89. The van der Waals surface area contributed by atoms with E-state index in [9.17, 15) is 5.11 Å². The first-order valence-corrected chi connectivity index (χ1v) is 4.80. The first-order valence-electron chi connectivity index (χ1n) is 4.80. The minimum absolute atomic E-state index is 0.207. The number of benzene rings is 1. The van der Waals surface area contributed by atoms with Crippen molar-refractivity contribution in [3.8, 4) is 5.69 Å². The zero-order chi connectivity index (χ0) is 10.7. The number of aliphatic hydroxyl groups excluding tert-OH is 1. The van der Waals surface area contributed by atoms with E-state index in [1.165, 1.54) is 0 Å². The summed E-state index contributed by atoms with van der Waals surface area (Å²) in [4.78, 5) is 0. The van der Waals surface area contributed by atoms with E-state index in [0.717, 1.165) is 11.3 Å². The Balaban J connectivity index is 2.47. The van der Waals surface area contributed by atoms with Crippen LogP contribution in [0.4, 0.5) is 0 Å². The number of para-hydroxylation sites is 1. The summed E-state index contributed by atoms with van der Waals surface area (Å²) in [5.41, 5.74) is 7.10. The van der Waals surface area contributed by atoms with Crippen LogP contribution in [0, 0.1) is 0 Å². The molecule has 1 unspecified atom stereocenters. The predicted molar refractivity (Wildman–Crippen MR) is 57.6 cm³/mol. The van der Waals surface area contributed by atoms with Crippen molar-refractivity contribution >= 4 is 0 Å². The van der Waals surface area contributed by atoms with Gasteiger partial charge in [-0.2, -0.15) is 5.10 Å². The van der Waals surface area contributed by atoms with Gasteiger partial charge >= 0.3 is 0 Å². The van der Waals surface area contributed by atoms with Crippen molar-refractivity contribution < 1.29 is 5.11 Å². The molecular weight excluding hydrogens is 190 g/mol. The third-order valence-corrected chi connectivity index (χ3v) is 2.27. The highest BCUT2D eigenvalue weighted by molar-refractivity contribution is 5.41. The zero-order valence-electron chi connectivity index (χ0n) is 8.24. The smallest absolute Gasteiger partial charge is 0.0933 e. The fourth-order valence-electron chi connectivity index (χ4n) is 1.52. The lowest BCUT2D eigenvalue weighted by Gasteiger charge is -2.13. The second-order valence-corrected chi connectivity index (χ2v) is 3.26. The van der Waals surface area contributed by atoms with Crippen molar-refractivity contribution in [1.29, 1.82) is 0 Å². The minimum Gasteiger partial charge on any atom is -0.387 e. The first kappa shape index (κ1) is 9.89. The third kappa shape index (κ3) is 1.91. The van der Waals surface area contributed by atoms with E-state index >= 15 is 0 Å². The molecule has 0 amide bonds. The molecule has 0 aliphatic rings. The van der Waals surface area contributed by atoms with Crippen molar-refractivity contribution in [2.24, 2.45) is 5.73 Å². The molecule has 2 aromatic rings. The molecule has 0 aliphatic carbocycles. The van der Waals surface area contributed by atoms with Crippen molar-refractivity contribution in [2.75, 3.05) is 6.54 Å². The quantitative estimate of drug-likeness (QED) is 0.777. The Hall–Kier alpha value is -1.65. The largest absolute Gasteiger partial charge is 0.387 e. The van der Waals surface area contributed by atoms with E-state index in [2.05, 4.69) is 5.10 Å². The standard InChI is InChI=1S/C11H13N3O/c12-8-11(15)9-4-1-2-5-10(9)14-7-3-6-13-14/h1-7,11,15H,8,12H2. The molecule has 78 valence electrons. The summed E-state index contributed by atoms with van der Waals surface area (Å²) < 4.78 is 1.72. The van der Waals surface area contributed by atoms with Crippen LogP contribution >= 0.6 is 0 Å². The van der Waals surface area contributed by atoms with Gasteiger partial charge in [-0.05, 0) is 12.1 Å². The second kappa shape index (κ2) is 4.25. The zero-order valence-corrected chi connectivity index (χ0v) is 8.24. The monoisotopic (exact) mass is 203 g/mol. The van der Waals surface area contributed by atoms with Crippen LogP contribution in [0.2, 0.25) is 0 Å². The van der Waals surface area contributed by atoms with Gasteiger partial charge in [0.25, 0.3) is 0 Å². The van der Waals surface area contributed by atoms with Crippen molar-refractivity contribution in [3.05, 3.63) is 48.3 Å². The molecule has 0 fully saturated rings. The van der Waals surface area contributed by atoms with E-state index in [0.29, 0.717) is 0 Å². The summed E-state index contributed by atoms with van der Waals surface area (Å²) in [6, 6.07) is 9.38. The van der Waals surface area contributed by atoms with Crippen LogP contribution in [-0.4, -0.2) is 21.4 Å². The molecule has 2 rings (SSSR count). The summed E-state index contributed by atoms with van der Waals surface area (Å²) in [5.74, 6) is 0. The molecule has 3 N–H and O–H groups in total. The summed E-state index contributed by atoms with van der Waals surface area (Å²) in [7, 11) is 0. The van der Waals surface area contributed by atoms with Gasteiger partial charge in [-0.1, -0.05) is 18.2 Å². The molecule has 1 heterocycles. The number of hydrogen-bond donors (Lipinski definition) is 2. The van der Waals surface area contributed by atoms with Gasteiger partial charge in [0, 0.05) is 24.5 Å². The maximum atomic E-state index is 9.74. The highest BCUT2D eigenvalue weighted by Crippen LogP contribution is 2.19. The molecule has 0 bridgehead atoms. The Morgan fingerprint density at radius 2 is 2.13 bits per heavy atom. The van der Waals surface area contributed by atoms with E-state index in [1.54, 1.807) is 10.9 Å². The Bertz CT molecular complexity index is 425. The van der Waals surface area contributed by atoms with Crippen LogP contribution in [0.1, 0.15) is 11.7 Å². The molecule has 0 spiro atoms. The number of nitrogens with zero attached hydrogens (tertiary/aromatic N) is 2. The maximum Gasteiger partial charge on any atom is 0.0933 e. The van der Waals surface area contributed by atoms with E-state index in [1.807, 2.05) is 36.5 Å². The highest BCUT2D eigenvalue weighted by Gasteiger charge is 2.11. The van der Waals surface area contributed by atoms with Gasteiger partial charge in [-0.15, -0.1) is 0 Å². The van der Waals surface area contributed by atoms with E-state index < -0.39 is 6.10 Å². The molecule has 0 saturated heterocycles. The predicted octanol–water partition coefficient (Wildman–Crippen LogP) is 0.864. The van der Waals surface area contributed by atoms with Gasteiger partial charge in [0.2, 0.25) is 0 Å². The lowest BCUT2D eigenvalue weighted by Crippen LogP contribution is -2.14. The van der Waals surface area contributed by atoms with Crippen LogP contribution in [0.15, 0.2) is 42.7 Å². The molecule has 4 heteroatoms. The molecule has 0 radical (unpaired) electrons. The number of hydrogen-bond acceptors (Lipinski definition) is 3. The summed E-state index contributed by atoms with van der Waals surface area (Å²) in [6.45, 7) is 0.207. The Kier molecular flexibility index (Phi) is 2.80. The molecule has 4 nitrogen and oxygen atoms in total. The number of aromatic nitrogens is 2. The van der Waals surface area contributed by atoms with Crippen LogP contribution in [0.25, 0.3) is 5.69 Å². The van der Waals surface area contributed by atoms with Crippen molar-refractivity contribution in [3.63, 3.8) is 0 Å². The molecule has 15 heavy (non-hydrogen) atoms. The normalized spacial score (nSPS) is 12.7. The van der Waals surface area contributed by atoms with Crippen LogP contribution < -0.4 is 5.73 Å². The van der Waals surface area contributed by atoms with Gasteiger partial charge < -0.3 is 10.8 Å². The van der Waals surface area contributed by atoms with E-state index in [-0.39, 0.29) is 6.54 Å². The SMILES string of the molecule is NCC(O)c1ccccc1-n1cccn1. The van der Waals surface area contributed by atoms with Gasteiger partial charge in [0.05, 0.1) is 11.8 Å². The van der Waals surface area contributed by atoms with Gasteiger partial charge in [0.15, 0.2) is 0 Å². The first-order chi connectivity index (χ1) is 7.33. The number of nitrogens with two attached hydrogens (primary N) is 1. The van der Waals surface area contributed by atoms with Crippen LogP contribution in [0.3, 0.4) is 0 Å². The maximum absolute atomic E-state index is 9.74. The fourth-order valence-corrected chi connectivity index (χ4v) is 1.52. The van der Waals surface area contributed by atoms with Gasteiger partial charge in [-0.25, -0.2) is 4.68 Å². The lowest BCUT2D eigenvalue weighted by atomic mass is 10.1. The molecule has 0 saturated carbocycles.